The Morgan fingerprint density at radius 1 is 1.20 bits per heavy atom. The third-order valence-electron chi connectivity index (χ3n) is 1.82. The van der Waals surface area contributed by atoms with Crippen LogP contribution in [0.25, 0.3) is 0 Å². The number of hydrogen-bond acceptors (Lipinski definition) is 4. The van der Waals surface area contributed by atoms with Crippen LogP contribution in [0, 0.1) is 5.92 Å². The number of ketones is 1. The molecule has 1 atom stereocenters. The van der Waals surface area contributed by atoms with Gasteiger partial charge in [-0.05, 0) is 20.3 Å². The van der Waals surface area contributed by atoms with Crippen molar-refractivity contribution in [3.63, 3.8) is 0 Å². The standard InChI is InChI=1S/C11H18O4/c1-4-9(11(13)15-6-3)10(12)7-8-14-5-2/h7-9H,4-6H2,1-3H3/b8-7+. The zero-order chi connectivity index (χ0) is 11.7. The molecule has 0 spiro atoms. The Kier molecular flexibility index (Phi) is 7.32. The Hall–Kier alpha value is -1.32. The van der Waals surface area contributed by atoms with E-state index in [4.69, 9.17) is 9.47 Å². The number of rotatable bonds is 7. The molecule has 0 rings (SSSR count). The van der Waals surface area contributed by atoms with E-state index < -0.39 is 11.9 Å². The van der Waals surface area contributed by atoms with Crippen LogP contribution in [0.15, 0.2) is 12.3 Å². The number of allylic oxidation sites excluding steroid dienone is 1. The summed E-state index contributed by atoms with van der Waals surface area (Å²) in [5.41, 5.74) is 0. The molecule has 0 aromatic heterocycles. The first-order valence-electron chi connectivity index (χ1n) is 5.15. The molecule has 0 aliphatic heterocycles. The van der Waals surface area contributed by atoms with E-state index >= 15 is 0 Å². The van der Waals surface area contributed by atoms with Crippen LogP contribution >= 0.6 is 0 Å². The predicted molar refractivity (Wildman–Crippen MR) is 56.2 cm³/mol. The van der Waals surface area contributed by atoms with Gasteiger partial charge in [-0.3, -0.25) is 9.59 Å². The van der Waals surface area contributed by atoms with Crippen molar-refractivity contribution in [3.05, 3.63) is 12.3 Å². The first-order chi connectivity index (χ1) is 7.17. The molecule has 0 fully saturated rings. The van der Waals surface area contributed by atoms with Crippen molar-refractivity contribution in [1.82, 2.24) is 0 Å². The average Bonchev–Trinajstić information content (AvgIpc) is 2.19. The highest BCUT2D eigenvalue weighted by Crippen LogP contribution is 2.08. The van der Waals surface area contributed by atoms with Gasteiger partial charge in [0.05, 0.1) is 19.5 Å². The van der Waals surface area contributed by atoms with E-state index in [0.717, 1.165) is 0 Å². The van der Waals surface area contributed by atoms with Crippen molar-refractivity contribution in [2.75, 3.05) is 13.2 Å². The number of esters is 1. The van der Waals surface area contributed by atoms with Crippen LogP contribution in [-0.2, 0) is 19.1 Å². The number of carbonyl (C=O) groups excluding carboxylic acids is 2. The molecule has 0 aliphatic rings. The third-order valence-corrected chi connectivity index (χ3v) is 1.82. The molecule has 0 saturated carbocycles. The monoisotopic (exact) mass is 214 g/mol. The fourth-order valence-electron chi connectivity index (χ4n) is 1.05. The Morgan fingerprint density at radius 2 is 1.87 bits per heavy atom. The number of ether oxygens (including phenoxy) is 2. The first kappa shape index (κ1) is 13.7. The van der Waals surface area contributed by atoms with Crippen LogP contribution in [0.2, 0.25) is 0 Å². The fraction of sp³-hybridized carbons (Fsp3) is 0.636. The first-order valence-corrected chi connectivity index (χ1v) is 5.15. The lowest BCUT2D eigenvalue weighted by Crippen LogP contribution is -2.24. The Bertz CT molecular complexity index is 233. The molecule has 86 valence electrons. The smallest absolute Gasteiger partial charge is 0.316 e. The highest BCUT2D eigenvalue weighted by molar-refractivity contribution is 6.04. The molecule has 4 nitrogen and oxygen atoms in total. The van der Waals surface area contributed by atoms with Gasteiger partial charge >= 0.3 is 5.97 Å². The molecule has 4 heteroatoms. The molecule has 1 unspecified atom stereocenters. The van der Waals surface area contributed by atoms with Gasteiger partial charge in [0.1, 0.15) is 5.92 Å². The van der Waals surface area contributed by atoms with Crippen molar-refractivity contribution in [2.45, 2.75) is 27.2 Å². The summed E-state index contributed by atoms with van der Waals surface area (Å²) in [4.78, 5) is 22.8. The summed E-state index contributed by atoms with van der Waals surface area (Å²) < 4.78 is 9.67. The lowest BCUT2D eigenvalue weighted by Gasteiger charge is -2.09. The van der Waals surface area contributed by atoms with Gasteiger partial charge in [-0.2, -0.15) is 0 Å². The molecular weight excluding hydrogens is 196 g/mol. The van der Waals surface area contributed by atoms with Crippen LogP contribution in [0.5, 0.6) is 0 Å². The minimum atomic E-state index is -0.707. The zero-order valence-corrected chi connectivity index (χ0v) is 9.49. The quantitative estimate of drug-likeness (QED) is 0.280. The average molecular weight is 214 g/mol. The maximum Gasteiger partial charge on any atom is 0.316 e. The van der Waals surface area contributed by atoms with Crippen molar-refractivity contribution >= 4 is 11.8 Å². The summed E-state index contributed by atoms with van der Waals surface area (Å²) in [7, 11) is 0. The van der Waals surface area contributed by atoms with E-state index in [1.54, 1.807) is 13.8 Å². The zero-order valence-electron chi connectivity index (χ0n) is 9.49. The van der Waals surface area contributed by atoms with Gasteiger partial charge < -0.3 is 9.47 Å². The summed E-state index contributed by atoms with van der Waals surface area (Å²) in [5, 5.41) is 0. The maximum atomic E-state index is 11.5. The third kappa shape index (κ3) is 5.20. The van der Waals surface area contributed by atoms with Crippen molar-refractivity contribution in [2.24, 2.45) is 5.92 Å². The number of carbonyl (C=O) groups is 2. The van der Waals surface area contributed by atoms with Crippen LogP contribution in [0.1, 0.15) is 27.2 Å². The van der Waals surface area contributed by atoms with Crippen LogP contribution in [0.4, 0.5) is 0 Å². The van der Waals surface area contributed by atoms with Crippen molar-refractivity contribution in [1.29, 1.82) is 0 Å². The molecule has 0 amide bonds. The van der Waals surface area contributed by atoms with Crippen LogP contribution < -0.4 is 0 Å². The molecule has 0 saturated heterocycles. The summed E-state index contributed by atoms with van der Waals surface area (Å²) in [5.74, 6) is -1.45. The largest absolute Gasteiger partial charge is 0.501 e. The Labute approximate surface area is 90.2 Å². The second kappa shape index (κ2) is 8.03. The van der Waals surface area contributed by atoms with Crippen LogP contribution in [0.3, 0.4) is 0 Å². The van der Waals surface area contributed by atoms with E-state index in [-0.39, 0.29) is 12.4 Å². The van der Waals surface area contributed by atoms with E-state index in [1.807, 2.05) is 6.92 Å². The normalized spacial score (nSPS) is 12.5. The van der Waals surface area contributed by atoms with Gasteiger partial charge in [-0.1, -0.05) is 6.92 Å². The van der Waals surface area contributed by atoms with E-state index in [9.17, 15) is 9.59 Å². The summed E-state index contributed by atoms with van der Waals surface area (Å²) >= 11 is 0. The summed E-state index contributed by atoms with van der Waals surface area (Å²) in [6, 6.07) is 0. The minimum absolute atomic E-state index is 0.274. The Balaban J connectivity index is 4.27. The van der Waals surface area contributed by atoms with Crippen LogP contribution in [-0.4, -0.2) is 25.0 Å². The lowest BCUT2D eigenvalue weighted by molar-refractivity contribution is -0.150. The van der Waals surface area contributed by atoms with Gasteiger partial charge in [0, 0.05) is 6.08 Å². The maximum absolute atomic E-state index is 11.5. The molecule has 0 aromatic carbocycles. The summed E-state index contributed by atoms with van der Waals surface area (Å²) in [6.45, 7) is 6.09. The van der Waals surface area contributed by atoms with E-state index in [2.05, 4.69) is 0 Å². The second-order valence-electron chi connectivity index (χ2n) is 2.87. The SMILES string of the molecule is CCO/C=C/C(=O)C(CC)C(=O)OCC. The minimum Gasteiger partial charge on any atom is -0.501 e. The second-order valence-corrected chi connectivity index (χ2v) is 2.87. The highest BCUT2D eigenvalue weighted by atomic mass is 16.5. The van der Waals surface area contributed by atoms with Gasteiger partial charge in [-0.25, -0.2) is 0 Å². The topological polar surface area (TPSA) is 52.6 Å². The summed E-state index contributed by atoms with van der Waals surface area (Å²) in [6.07, 6.45) is 3.02. The predicted octanol–water partition coefficient (Wildman–Crippen LogP) is 1.70. The number of hydrogen-bond donors (Lipinski definition) is 0. The van der Waals surface area contributed by atoms with E-state index in [1.165, 1.54) is 12.3 Å². The lowest BCUT2D eigenvalue weighted by atomic mass is 10.0. The molecule has 0 N–H and O–H groups in total. The fourth-order valence-corrected chi connectivity index (χ4v) is 1.05. The van der Waals surface area contributed by atoms with Gasteiger partial charge in [0.2, 0.25) is 0 Å². The molecule has 0 heterocycles. The molecule has 0 aromatic rings. The molecular formula is C11H18O4. The van der Waals surface area contributed by atoms with Gasteiger partial charge in [0.15, 0.2) is 5.78 Å². The van der Waals surface area contributed by atoms with Gasteiger partial charge in [0.25, 0.3) is 0 Å². The molecule has 0 bridgehead atoms. The molecule has 0 radical (unpaired) electrons. The molecule has 15 heavy (non-hydrogen) atoms. The Morgan fingerprint density at radius 3 is 2.33 bits per heavy atom. The van der Waals surface area contributed by atoms with Gasteiger partial charge in [-0.15, -0.1) is 0 Å². The van der Waals surface area contributed by atoms with Crippen molar-refractivity contribution < 1.29 is 19.1 Å². The molecule has 0 aliphatic carbocycles. The highest BCUT2D eigenvalue weighted by Gasteiger charge is 2.23. The van der Waals surface area contributed by atoms with Crippen molar-refractivity contribution in [3.8, 4) is 0 Å². The van der Waals surface area contributed by atoms with E-state index in [0.29, 0.717) is 13.0 Å².